The molecule has 0 bridgehead atoms. The van der Waals surface area contributed by atoms with Crippen molar-refractivity contribution in [2.75, 3.05) is 18.0 Å². The van der Waals surface area contributed by atoms with Crippen molar-refractivity contribution in [1.82, 2.24) is 4.98 Å². The molecule has 0 aliphatic heterocycles. The average molecular weight is 222 g/mol. The van der Waals surface area contributed by atoms with Crippen molar-refractivity contribution in [3.05, 3.63) is 11.1 Å². The lowest BCUT2D eigenvalue weighted by molar-refractivity contribution is 0.0702. The minimum Gasteiger partial charge on any atom is -0.477 e. The Morgan fingerprint density at radius 3 is 2.53 bits per heavy atom. The monoisotopic (exact) mass is 222 g/mol. The summed E-state index contributed by atoms with van der Waals surface area (Å²) in [4.78, 5) is 15.9. The van der Waals surface area contributed by atoms with Crippen molar-refractivity contribution in [3.63, 3.8) is 0 Å². The van der Waals surface area contributed by atoms with E-state index in [-0.39, 0.29) is 18.0 Å². The number of hydrogen-bond acceptors (Lipinski definition) is 6. The van der Waals surface area contributed by atoms with Crippen molar-refractivity contribution < 1.29 is 9.90 Å². The average Bonchev–Trinajstić information content (AvgIpc) is 2.66. The molecular weight excluding hydrogens is 216 g/mol. The highest BCUT2D eigenvalue weighted by atomic mass is 32.1. The fraction of sp³-hybridized carbons (Fsp3) is 0.250. The number of nitriles is 2. The van der Waals surface area contributed by atoms with E-state index in [1.807, 2.05) is 12.1 Å². The van der Waals surface area contributed by atoms with Crippen LogP contribution in [0, 0.1) is 22.7 Å². The van der Waals surface area contributed by atoms with Crippen LogP contribution in [0.25, 0.3) is 0 Å². The summed E-state index contributed by atoms with van der Waals surface area (Å²) in [6, 6.07) is 3.77. The molecule has 0 saturated carbocycles. The maximum atomic E-state index is 10.6. The first-order chi connectivity index (χ1) is 7.19. The summed E-state index contributed by atoms with van der Waals surface area (Å²) in [5.74, 6) is -1.06. The molecule has 0 amide bonds. The van der Waals surface area contributed by atoms with Crippen LogP contribution in [0.15, 0.2) is 6.20 Å². The van der Waals surface area contributed by atoms with Crippen LogP contribution >= 0.6 is 11.3 Å². The van der Waals surface area contributed by atoms with Gasteiger partial charge in [0.05, 0.1) is 18.3 Å². The van der Waals surface area contributed by atoms with E-state index < -0.39 is 5.97 Å². The first-order valence-electron chi connectivity index (χ1n) is 3.87. The topological polar surface area (TPSA) is 101 Å². The van der Waals surface area contributed by atoms with Gasteiger partial charge in [-0.1, -0.05) is 11.3 Å². The summed E-state index contributed by atoms with van der Waals surface area (Å²) < 4.78 is 0. The molecule has 0 saturated heterocycles. The Morgan fingerprint density at radius 1 is 1.53 bits per heavy atom. The van der Waals surface area contributed by atoms with Crippen LogP contribution in [0.3, 0.4) is 0 Å². The van der Waals surface area contributed by atoms with E-state index in [0.717, 1.165) is 11.3 Å². The number of thiazole rings is 1. The van der Waals surface area contributed by atoms with Gasteiger partial charge >= 0.3 is 5.97 Å². The van der Waals surface area contributed by atoms with E-state index in [1.54, 1.807) is 0 Å². The number of rotatable bonds is 4. The van der Waals surface area contributed by atoms with E-state index in [0.29, 0.717) is 5.13 Å². The van der Waals surface area contributed by atoms with Gasteiger partial charge in [0.1, 0.15) is 18.0 Å². The zero-order valence-electron chi connectivity index (χ0n) is 7.54. The van der Waals surface area contributed by atoms with Gasteiger partial charge in [-0.2, -0.15) is 10.5 Å². The fourth-order valence-electron chi connectivity index (χ4n) is 0.872. The van der Waals surface area contributed by atoms with Crippen molar-refractivity contribution in [3.8, 4) is 12.1 Å². The molecule has 1 rings (SSSR count). The molecule has 0 radical (unpaired) electrons. The van der Waals surface area contributed by atoms with Crippen LogP contribution in [-0.2, 0) is 0 Å². The molecular formula is C8H6N4O2S. The molecule has 0 unspecified atom stereocenters. The number of anilines is 1. The quantitative estimate of drug-likeness (QED) is 0.752. The highest BCUT2D eigenvalue weighted by Gasteiger charge is 2.13. The third-order valence-corrected chi connectivity index (χ3v) is 2.54. The minimum absolute atomic E-state index is 0.0140. The van der Waals surface area contributed by atoms with E-state index >= 15 is 0 Å². The number of hydrogen-bond donors (Lipinski definition) is 1. The third-order valence-electron chi connectivity index (χ3n) is 1.50. The fourth-order valence-corrected chi connectivity index (χ4v) is 1.62. The summed E-state index contributed by atoms with van der Waals surface area (Å²) in [6.45, 7) is 0.0280. The van der Waals surface area contributed by atoms with Crippen LogP contribution in [0.5, 0.6) is 0 Å². The first-order valence-corrected chi connectivity index (χ1v) is 4.68. The van der Waals surface area contributed by atoms with Gasteiger partial charge in [-0.15, -0.1) is 0 Å². The van der Waals surface area contributed by atoms with Crippen molar-refractivity contribution in [1.29, 1.82) is 10.5 Å². The van der Waals surface area contributed by atoms with Crippen molar-refractivity contribution in [2.24, 2.45) is 0 Å². The lowest BCUT2D eigenvalue weighted by Gasteiger charge is -2.12. The molecule has 1 N–H and O–H groups in total. The molecule has 1 heterocycles. The van der Waals surface area contributed by atoms with Crippen molar-refractivity contribution in [2.45, 2.75) is 0 Å². The Hall–Kier alpha value is -2.12. The molecule has 0 atom stereocenters. The molecule has 6 nitrogen and oxygen atoms in total. The molecule has 15 heavy (non-hydrogen) atoms. The predicted molar refractivity (Wildman–Crippen MR) is 52.5 cm³/mol. The SMILES string of the molecule is N#CCN(CC#N)c1ncc(C(=O)O)s1. The zero-order valence-corrected chi connectivity index (χ0v) is 8.36. The van der Waals surface area contributed by atoms with Crippen LogP contribution < -0.4 is 4.90 Å². The van der Waals surface area contributed by atoms with E-state index in [1.165, 1.54) is 11.1 Å². The first kappa shape index (κ1) is 11.0. The van der Waals surface area contributed by atoms with Gasteiger partial charge in [0.25, 0.3) is 0 Å². The Balaban J connectivity index is 2.88. The molecule has 1 aromatic heterocycles. The van der Waals surface area contributed by atoms with Gasteiger partial charge in [-0.3, -0.25) is 0 Å². The highest BCUT2D eigenvalue weighted by Crippen LogP contribution is 2.21. The third kappa shape index (κ3) is 2.66. The molecule has 76 valence electrons. The lowest BCUT2D eigenvalue weighted by Crippen LogP contribution is -2.23. The molecule has 0 spiro atoms. The van der Waals surface area contributed by atoms with Gasteiger partial charge in [-0.25, -0.2) is 9.78 Å². The smallest absolute Gasteiger partial charge is 0.347 e. The van der Waals surface area contributed by atoms with E-state index in [4.69, 9.17) is 15.6 Å². The summed E-state index contributed by atoms with van der Waals surface area (Å²) in [5.41, 5.74) is 0. The molecule has 0 aliphatic carbocycles. The van der Waals surface area contributed by atoms with Crippen LogP contribution in [0.1, 0.15) is 9.67 Å². The van der Waals surface area contributed by atoms with Gasteiger partial charge in [0.15, 0.2) is 5.13 Å². The van der Waals surface area contributed by atoms with E-state index in [9.17, 15) is 4.79 Å². The van der Waals surface area contributed by atoms with Crippen molar-refractivity contribution >= 4 is 22.4 Å². The standard InChI is InChI=1S/C8H6N4O2S/c9-1-3-12(4-2-10)8-11-5-6(15-8)7(13)14/h5H,3-4H2,(H,13,14). The summed E-state index contributed by atoms with van der Waals surface area (Å²) in [5, 5.41) is 26.0. The number of aromatic nitrogens is 1. The second-order valence-corrected chi connectivity index (χ2v) is 3.49. The summed E-state index contributed by atoms with van der Waals surface area (Å²) in [6.07, 6.45) is 1.21. The Morgan fingerprint density at radius 2 is 2.13 bits per heavy atom. The van der Waals surface area contributed by atoms with Crippen LogP contribution in [0.2, 0.25) is 0 Å². The Labute approximate surface area is 89.6 Å². The Kier molecular flexibility index (Phi) is 3.61. The molecule has 0 fully saturated rings. The highest BCUT2D eigenvalue weighted by molar-refractivity contribution is 7.17. The number of nitrogens with zero attached hydrogens (tertiary/aromatic N) is 4. The molecule has 1 aromatic rings. The number of carbonyl (C=O) groups is 1. The summed E-state index contributed by atoms with van der Waals surface area (Å²) >= 11 is 0.942. The van der Waals surface area contributed by atoms with Crippen LogP contribution in [0.4, 0.5) is 5.13 Å². The van der Waals surface area contributed by atoms with Gasteiger partial charge < -0.3 is 10.0 Å². The second-order valence-electron chi connectivity index (χ2n) is 2.48. The molecule has 0 aromatic carbocycles. The van der Waals surface area contributed by atoms with Crippen LogP contribution in [-0.4, -0.2) is 29.1 Å². The van der Waals surface area contributed by atoms with E-state index in [2.05, 4.69) is 4.98 Å². The van der Waals surface area contributed by atoms with Gasteiger partial charge in [0.2, 0.25) is 0 Å². The van der Waals surface area contributed by atoms with Gasteiger partial charge in [0, 0.05) is 0 Å². The second kappa shape index (κ2) is 4.94. The largest absolute Gasteiger partial charge is 0.477 e. The number of aromatic carboxylic acids is 1. The van der Waals surface area contributed by atoms with Gasteiger partial charge in [-0.05, 0) is 0 Å². The maximum Gasteiger partial charge on any atom is 0.347 e. The maximum absolute atomic E-state index is 10.6. The normalized spacial score (nSPS) is 8.93. The molecule has 0 aliphatic rings. The predicted octanol–water partition coefficient (Wildman–Crippen LogP) is 0.695. The number of carboxylic acid groups (broad SMARTS) is 1. The Bertz CT molecular complexity index is 426. The lowest BCUT2D eigenvalue weighted by atomic mass is 10.5. The summed E-state index contributed by atoms with van der Waals surface area (Å²) in [7, 11) is 0. The molecule has 7 heteroatoms. The minimum atomic E-state index is -1.06. The number of carboxylic acids is 1. The zero-order chi connectivity index (χ0) is 11.3.